The Hall–Kier alpha value is -2.31. The zero-order chi connectivity index (χ0) is 15.8. The van der Waals surface area contributed by atoms with E-state index in [-0.39, 0.29) is 0 Å². The SMILES string of the molecule is CC(C)COc1cccc(CNCc2cccc(C#N)c2)c1. The van der Waals surface area contributed by atoms with Crippen LogP contribution in [0.15, 0.2) is 48.5 Å². The zero-order valence-corrected chi connectivity index (χ0v) is 13.2. The van der Waals surface area contributed by atoms with Gasteiger partial charge in [-0.05, 0) is 41.3 Å². The van der Waals surface area contributed by atoms with E-state index in [2.05, 4.69) is 37.4 Å². The highest BCUT2D eigenvalue weighted by molar-refractivity contribution is 5.33. The lowest BCUT2D eigenvalue weighted by Crippen LogP contribution is -2.13. The summed E-state index contributed by atoms with van der Waals surface area (Å²) in [5, 5.41) is 12.3. The Morgan fingerprint density at radius 1 is 1.05 bits per heavy atom. The average Bonchev–Trinajstić information content (AvgIpc) is 2.53. The lowest BCUT2D eigenvalue weighted by atomic mass is 10.1. The average molecular weight is 294 g/mol. The minimum Gasteiger partial charge on any atom is -0.493 e. The van der Waals surface area contributed by atoms with Gasteiger partial charge in [0.1, 0.15) is 5.75 Å². The molecule has 2 rings (SSSR count). The van der Waals surface area contributed by atoms with Crippen LogP contribution in [0.2, 0.25) is 0 Å². The third-order valence-electron chi connectivity index (χ3n) is 3.20. The van der Waals surface area contributed by atoms with Crippen LogP contribution >= 0.6 is 0 Å². The number of nitrogens with one attached hydrogen (secondary N) is 1. The Morgan fingerprint density at radius 3 is 2.41 bits per heavy atom. The second kappa shape index (κ2) is 8.21. The summed E-state index contributed by atoms with van der Waals surface area (Å²) in [5.74, 6) is 1.44. The molecule has 2 aromatic carbocycles. The van der Waals surface area contributed by atoms with Crippen LogP contribution in [0, 0.1) is 17.2 Å². The van der Waals surface area contributed by atoms with Crippen molar-refractivity contribution in [2.75, 3.05) is 6.61 Å². The van der Waals surface area contributed by atoms with E-state index in [1.807, 2.05) is 36.4 Å². The van der Waals surface area contributed by atoms with Crippen molar-refractivity contribution in [2.24, 2.45) is 5.92 Å². The Bertz CT molecular complexity index is 644. The Morgan fingerprint density at radius 2 is 1.73 bits per heavy atom. The molecule has 0 aliphatic carbocycles. The second-order valence-corrected chi connectivity index (χ2v) is 5.77. The fourth-order valence-corrected chi connectivity index (χ4v) is 2.11. The lowest BCUT2D eigenvalue weighted by molar-refractivity contribution is 0.271. The third kappa shape index (κ3) is 5.23. The van der Waals surface area contributed by atoms with E-state index in [1.54, 1.807) is 0 Å². The number of hydrogen-bond donors (Lipinski definition) is 1. The zero-order valence-electron chi connectivity index (χ0n) is 13.2. The molecular weight excluding hydrogens is 272 g/mol. The molecule has 0 aliphatic heterocycles. The van der Waals surface area contributed by atoms with Crippen LogP contribution in [-0.4, -0.2) is 6.61 Å². The van der Waals surface area contributed by atoms with Gasteiger partial charge >= 0.3 is 0 Å². The van der Waals surface area contributed by atoms with Gasteiger partial charge in [0.25, 0.3) is 0 Å². The van der Waals surface area contributed by atoms with Gasteiger partial charge in [0.15, 0.2) is 0 Å². The van der Waals surface area contributed by atoms with Gasteiger partial charge in [0, 0.05) is 13.1 Å². The summed E-state index contributed by atoms with van der Waals surface area (Å²) in [4.78, 5) is 0. The second-order valence-electron chi connectivity index (χ2n) is 5.77. The van der Waals surface area contributed by atoms with E-state index in [4.69, 9.17) is 10.00 Å². The summed E-state index contributed by atoms with van der Waals surface area (Å²) >= 11 is 0. The molecular formula is C19H22N2O. The van der Waals surface area contributed by atoms with Crippen LogP contribution in [0.25, 0.3) is 0 Å². The lowest BCUT2D eigenvalue weighted by Gasteiger charge is -2.10. The van der Waals surface area contributed by atoms with E-state index in [9.17, 15) is 0 Å². The first-order valence-electron chi connectivity index (χ1n) is 7.59. The van der Waals surface area contributed by atoms with Gasteiger partial charge < -0.3 is 10.1 Å². The van der Waals surface area contributed by atoms with E-state index < -0.39 is 0 Å². The first-order chi connectivity index (χ1) is 10.7. The van der Waals surface area contributed by atoms with Gasteiger partial charge in [-0.3, -0.25) is 0 Å². The summed E-state index contributed by atoms with van der Waals surface area (Å²) in [6.45, 7) is 6.53. The highest BCUT2D eigenvalue weighted by Gasteiger charge is 2.00. The third-order valence-corrected chi connectivity index (χ3v) is 3.20. The van der Waals surface area contributed by atoms with Crippen molar-refractivity contribution in [3.63, 3.8) is 0 Å². The number of benzene rings is 2. The molecule has 0 atom stereocenters. The Balaban J connectivity index is 1.86. The molecule has 0 saturated heterocycles. The predicted octanol–water partition coefficient (Wildman–Crippen LogP) is 3.88. The first-order valence-corrected chi connectivity index (χ1v) is 7.59. The van der Waals surface area contributed by atoms with Crippen molar-refractivity contribution in [2.45, 2.75) is 26.9 Å². The van der Waals surface area contributed by atoms with Crippen LogP contribution in [0.1, 0.15) is 30.5 Å². The molecule has 0 aliphatic rings. The summed E-state index contributed by atoms with van der Waals surface area (Å²) < 4.78 is 5.74. The molecule has 0 fully saturated rings. The highest BCUT2D eigenvalue weighted by Crippen LogP contribution is 2.14. The van der Waals surface area contributed by atoms with Crippen LogP contribution in [0.3, 0.4) is 0 Å². The normalized spacial score (nSPS) is 10.5. The van der Waals surface area contributed by atoms with Crippen LogP contribution in [-0.2, 0) is 13.1 Å². The first kappa shape index (κ1) is 16.1. The van der Waals surface area contributed by atoms with Crippen LogP contribution < -0.4 is 10.1 Å². The topological polar surface area (TPSA) is 45.0 Å². The number of hydrogen-bond acceptors (Lipinski definition) is 3. The van der Waals surface area contributed by atoms with E-state index in [0.717, 1.165) is 31.0 Å². The smallest absolute Gasteiger partial charge is 0.119 e. The Labute approximate surface area is 132 Å². The van der Waals surface area contributed by atoms with Crippen molar-refractivity contribution >= 4 is 0 Å². The van der Waals surface area contributed by atoms with E-state index in [0.29, 0.717) is 11.5 Å². The van der Waals surface area contributed by atoms with Crippen LogP contribution in [0.4, 0.5) is 0 Å². The molecule has 22 heavy (non-hydrogen) atoms. The minimum atomic E-state index is 0.522. The van der Waals surface area contributed by atoms with Crippen LogP contribution in [0.5, 0.6) is 5.75 Å². The van der Waals surface area contributed by atoms with Gasteiger partial charge in [0.2, 0.25) is 0 Å². The molecule has 3 heteroatoms. The molecule has 0 unspecified atom stereocenters. The number of rotatable bonds is 7. The number of nitriles is 1. The van der Waals surface area contributed by atoms with Gasteiger partial charge in [0.05, 0.1) is 18.2 Å². The largest absolute Gasteiger partial charge is 0.493 e. The maximum Gasteiger partial charge on any atom is 0.119 e. The molecule has 114 valence electrons. The molecule has 0 spiro atoms. The summed E-state index contributed by atoms with van der Waals surface area (Å²) in [6, 6.07) is 18.0. The fraction of sp³-hybridized carbons (Fsp3) is 0.316. The van der Waals surface area contributed by atoms with Crippen molar-refractivity contribution in [1.82, 2.24) is 5.32 Å². The number of ether oxygens (including phenoxy) is 1. The van der Waals surface area contributed by atoms with Crippen molar-refractivity contribution < 1.29 is 4.74 Å². The standard InChI is InChI=1S/C19H22N2O/c1-15(2)14-22-19-8-4-7-18(10-19)13-21-12-17-6-3-5-16(9-17)11-20/h3-10,15,21H,12-14H2,1-2H3. The van der Waals surface area contributed by atoms with Crippen molar-refractivity contribution in [3.05, 3.63) is 65.2 Å². The van der Waals surface area contributed by atoms with Gasteiger partial charge in [-0.2, -0.15) is 5.26 Å². The van der Waals surface area contributed by atoms with E-state index in [1.165, 1.54) is 5.56 Å². The molecule has 0 radical (unpaired) electrons. The molecule has 2 aromatic rings. The maximum absolute atomic E-state index is 8.90. The van der Waals surface area contributed by atoms with Gasteiger partial charge in [-0.15, -0.1) is 0 Å². The Kier molecular flexibility index (Phi) is 6.00. The van der Waals surface area contributed by atoms with Crippen molar-refractivity contribution in [3.8, 4) is 11.8 Å². The molecule has 1 N–H and O–H groups in total. The number of nitrogens with zero attached hydrogens (tertiary/aromatic N) is 1. The van der Waals surface area contributed by atoms with Gasteiger partial charge in [-0.25, -0.2) is 0 Å². The van der Waals surface area contributed by atoms with Crippen molar-refractivity contribution in [1.29, 1.82) is 5.26 Å². The van der Waals surface area contributed by atoms with E-state index >= 15 is 0 Å². The monoisotopic (exact) mass is 294 g/mol. The summed E-state index contributed by atoms with van der Waals surface area (Å²) in [6.07, 6.45) is 0. The molecule has 0 bridgehead atoms. The predicted molar refractivity (Wildman–Crippen MR) is 88.5 cm³/mol. The molecule has 3 nitrogen and oxygen atoms in total. The van der Waals surface area contributed by atoms with Gasteiger partial charge in [-0.1, -0.05) is 38.1 Å². The molecule has 0 aromatic heterocycles. The summed E-state index contributed by atoms with van der Waals surface area (Å²) in [7, 11) is 0. The highest BCUT2D eigenvalue weighted by atomic mass is 16.5. The summed E-state index contributed by atoms with van der Waals surface area (Å²) in [5.41, 5.74) is 3.01. The fourth-order valence-electron chi connectivity index (χ4n) is 2.11. The quantitative estimate of drug-likeness (QED) is 0.842. The molecule has 0 saturated carbocycles. The molecule has 0 amide bonds. The maximum atomic E-state index is 8.90. The molecule has 0 heterocycles. The minimum absolute atomic E-state index is 0.522.